The number of benzene rings is 1. The van der Waals surface area contributed by atoms with Gasteiger partial charge in [0.2, 0.25) is 0 Å². The molecule has 1 atom stereocenters. The lowest BCUT2D eigenvalue weighted by Gasteiger charge is -2.14. The molecule has 0 radical (unpaired) electrons. The summed E-state index contributed by atoms with van der Waals surface area (Å²) < 4.78 is 54.7. The van der Waals surface area contributed by atoms with Crippen LogP contribution >= 0.6 is 11.6 Å². The summed E-state index contributed by atoms with van der Waals surface area (Å²) in [5.74, 6) is -2.34. The van der Waals surface area contributed by atoms with Crippen LogP contribution in [0.25, 0.3) is 0 Å². The van der Waals surface area contributed by atoms with Crippen LogP contribution in [0.2, 0.25) is 5.02 Å². The quantitative estimate of drug-likeness (QED) is 0.816. The molecular formula is C12H13ClF4N2O2. The number of carbonyl (C=O) groups excluding carboxylic acids is 1. The summed E-state index contributed by atoms with van der Waals surface area (Å²) in [5.41, 5.74) is 5.12. The highest BCUT2D eigenvalue weighted by Crippen LogP contribution is 2.31. The molecule has 0 bridgehead atoms. The molecule has 0 heterocycles. The van der Waals surface area contributed by atoms with E-state index in [9.17, 15) is 22.4 Å². The normalized spacial score (nSPS) is 12.9. The lowest BCUT2D eigenvalue weighted by Crippen LogP contribution is -2.34. The minimum absolute atomic E-state index is 0.0652. The number of nitrogens with two attached hydrogens (primary N) is 1. The fourth-order valence-corrected chi connectivity index (χ4v) is 1.62. The van der Waals surface area contributed by atoms with E-state index in [1.54, 1.807) is 12.2 Å². The van der Waals surface area contributed by atoms with Crippen LogP contribution in [0.5, 0.6) is 5.75 Å². The van der Waals surface area contributed by atoms with Crippen molar-refractivity contribution in [2.75, 3.05) is 13.2 Å². The van der Waals surface area contributed by atoms with Gasteiger partial charge in [0.1, 0.15) is 13.2 Å². The predicted molar refractivity (Wildman–Crippen MR) is 68.9 cm³/mol. The van der Waals surface area contributed by atoms with Gasteiger partial charge in [0.05, 0.1) is 10.6 Å². The largest absolute Gasteiger partial charge is 0.487 e. The number of hydrogen-bond donors (Lipinski definition) is 2. The second kappa shape index (κ2) is 6.95. The average Bonchev–Trinajstić information content (AvgIpc) is 2.34. The maximum Gasteiger partial charge on any atom is 0.405 e. The van der Waals surface area contributed by atoms with Crippen molar-refractivity contribution in [1.82, 2.24) is 5.32 Å². The van der Waals surface area contributed by atoms with Crippen LogP contribution in [-0.4, -0.2) is 31.3 Å². The third kappa shape index (κ3) is 5.39. The van der Waals surface area contributed by atoms with Crippen LogP contribution in [0.3, 0.4) is 0 Å². The van der Waals surface area contributed by atoms with Crippen LogP contribution in [-0.2, 0) is 0 Å². The van der Waals surface area contributed by atoms with Crippen molar-refractivity contribution < 1.29 is 27.1 Å². The Morgan fingerprint density at radius 1 is 1.48 bits per heavy atom. The molecule has 1 aromatic carbocycles. The number of nitrogens with one attached hydrogen (secondary N) is 1. The van der Waals surface area contributed by atoms with E-state index in [1.165, 1.54) is 0 Å². The third-order valence-corrected chi connectivity index (χ3v) is 2.61. The first-order chi connectivity index (χ1) is 9.61. The predicted octanol–water partition coefficient (Wildman–Crippen LogP) is 2.50. The minimum atomic E-state index is -4.56. The highest BCUT2D eigenvalue weighted by Gasteiger charge is 2.29. The molecule has 4 nitrogen and oxygen atoms in total. The lowest BCUT2D eigenvalue weighted by molar-refractivity contribution is -0.123. The molecule has 21 heavy (non-hydrogen) atoms. The van der Waals surface area contributed by atoms with Gasteiger partial charge < -0.3 is 15.8 Å². The zero-order valence-corrected chi connectivity index (χ0v) is 11.7. The van der Waals surface area contributed by atoms with Gasteiger partial charge in [0, 0.05) is 6.04 Å². The molecule has 1 rings (SSSR count). The van der Waals surface area contributed by atoms with E-state index in [-0.39, 0.29) is 12.2 Å². The Kier molecular flexibility index (Phi) is 5.79. The number of carbonyl (C=O) groups is 1. The molecule has 0 fully saturated rings. The van der Waals surface area contributed by atoms with Gasteiger partial charge in [-0.3, -0.25) is 4.79 Å². The molecule has 0 aliphatic heterocycles. The van der Waals surface area contributed by atoms with Crippen molar-refractivity contribution in [1.29, 1.82) is 0 Å². The van der Waals surface area contributed by atoms with Crippen molar-refractivity contribution in [3.05, 3.63) is 28.5 Å². The Bertz CT molecular complexity index is 521. The number of amides is 1. The summed E-state index contributed by atoms with van der Waals surface area (Å²) in [6.07, 6.45) is -4.56. The maximum atomic E-state index is 13.6. The number of halogens is 5. The molecule has 0 unspecified atom stereocenters. The zero-order chi connectivity index (χ0) is 16.2. The fourth-order valence-electron chi connectivity index (χ4n) is 1.33. The smallest absolute Gasteiger partial charge is 0.405 e. The Balaban J connectivity index is 2.93. The molecule has 118 valence electrons. The van der Waals surface area contributed by atoms with E-state index in [1.807, 2.05) is 0 Å². The Hall–Kier alpha value is -1.54. The zero-order valence-electron chi connectivity index (χ0n) is 10.9. The molecule has 1 aromatic rings. The van der Waals surface area contributed by atoms with E-state index in [0.717, 1.165) is 12.1 Å². The molecule has 0 saturated heterocycles. The van der Waals surface area contributed by atoms with E-state index >= 15 is 0 Å². The monoisotopic (exact) mass is 328 g/mol. The summed E-state index contributed by atoms with van der Waals surface area (Å²) in [7, 11) is 0. The minimum Gasteiger partial charge on any atom is -0.487 e. The first-order valence-electron chi connectivity index (χ1n) is 5.83. The van der Waals surface area contributed by atoms with Gasteiger partial charge in [-0.1, -0.05) is 11.6 Å². The van der Waals surface area contributed by atoms with Gasteiger partial charge in [-0.15, -0.1) is 0 Å². The molecule has 0 aliphatic carbocycles. The van der Waals surface area contributed by atoms with Crippen molar-refractivity contribution in [3.8, 4) is 5.75 Å². The first kappa shape index (κ1) is 17.5. The van der Waals surface area contributed by atoms with E-state index in [0.29, 0.717) is 0 Å². The molecule has 1 amide bonds. The number of rotatable bonds is 5. The van der Waals surface area contributed by atoms with Crippen molar-refractivity contribution in [2.24, 2.45) is 5.73 Å². The van der Waals surface area contributed by atoms with Crippen molar-refractivity contribution in [3.63, 3.8) is 0 Å². The SMILES string of the molecule is C[C@H](N)COc1c(F)ccc(C(=O)NCC(F)(F)F)c1Cl. The molecule has 0 spiro atoms. The van der Waals surface area contributed by atoms with Gasteiger partial charge in [-0.2, -0.15) is 13.2 Å². The number of ether oxygens (including phenoxy) is 1. The van der Waals surface area contributed by atoms with Gasteiger partial charge in [-0.05, 0) is 19.1 Å². The highest BCUT2D eigenvalue weighted by atomic mass is 35.5. The van der Waals surface area contributed by atoms with Crippen LogP contribution in [0.15, 0.2) is 12.1 Å². The lowest BCUT2D eigenvalue weighted by atomic mass is 10.2. The van der Waals surface area contributed by atoms with Crippen molar-refractivity contribution >= 4 is 17.5 Å². The Morgan fingerprint density at radius 3 is 2.62 bits per heavy atom. The summed E-state index contributed by atoms with van der Waals surface area (Å²) in [5, 5.41) is 1.23. The molecule has 3 N–H and O–H groups in total. The fraction of sp³-hybridized carbons (Fsp3) is 0.417. The third-order valence-electron chi connectivity index (χ3n) is 2.23. The molecule has 0 saturated carbocycles. The Morgan fingerprint density at radius 2 is 2.10 bits per heavy atom. The van der Waals surface area contributed by atoms with Gasteiger partial charge in [-0.25, -0.2) is 4.39 Å². The number of alkyl halides is 3. The van der Waals surface area contributed by atoms with Gasteiger partial charge in [0.25, 0.3) is 5.91 Å². The average molecular weight is 329 g/mol. The highest BCUT2D eigenvalue weighted by molar-refractivity contribution is 6.35. The van der Waals surface area contributed by atoms with E-state index < -0.39 is 41.3 Å². The second-order valence-corrected chi connectivity index (χ2v) is 4.70. The molecule has 0 aromatic heterocycles. The van der Waals surface area contributed by atoms with E-state index in [2.05, 4.69) is 0 Å². The Labute approximate surface area is 123 Å². The summed E-state index contributed by atoms with van der Waals surface area (Å²) in [6.45, 7) is 0.0194. The van der Waals surface area contributed by atoms with Crippen LogP contribution in [0, 0.1) is 5.82 Å². The van der Waals surface area contributed by atoms with Crippen LogP contribution < -0.4 is 15.8 Å². The molecule has 0 aliphatic rings. The van der Waals surface area contributed by atoms with Gasteiger partial charge in [0.15, 0.2) is 11.6 Å². The van der Waals surface area contributed by atoms with Gasteiger partial charge >= 0.3 is 6.18 Å². The number of hydrogen-bond acceptors (Lipinski definition) is 3. The molecular weight excluding hydrogens is 316 g/mol. The van der Waals surface area contributed by atoms with Crippen LogP contribution in [0.4, 0.5) is 17.6 Å². The first-order valence-corrected chi connectivity index (χ1v) is 6.21. The van der Waals surface area contributed by atoms with E-state index in [4.69, 9.17) is 22.1 Å². The topological polar surface area (TPSA) is 64.3 Å². The summed E-state index contributed by atoms with van der Waals surface area (Å²) in [6, 6.07) is 1.44. The molecule has 9 heteroatoms. The van der Waals surface area contributed by atoms with Crippen molar-refractivity contribution in [2.45, 2.75) is 19.1 Å². The summed E-state index contributed by atoms with van der Waals surface area (Å²) >= 11 is 5.79. The summed E-state index contributed by atoms with van der Waals surface area (Å²) in [4.78, 5) is 11.6. The second-order valence-electron chi connectivity index (χ2n) is 4.32. The standard InChI is InChI=1S/C12H13ClF4N2O2/c1-6(18)4-21-10-8(14)3-2-7(9(10)13)11(20)19-5-12(15,16)17/h2-3,6H,4-5,18H2,1H3,(H,19,20)/t6-/m0/s1. The maximum absolute atomic E-state index is 13.6. The van der Waals surface area contributed by atoms with Crippen LogP contribution in [0.1, 0.15) is 17.3 Å².